The molecule has 0 radical (unpaired) electrons. The number of ether oxygens (including phenoxy) is 1. The number of anilines is 5. The molecule has 1 aromatic heterocycles. The summed E-state index contributed by atoms with van der Waals surface area (Å²) >= 11 is 0. The van der Waals surface area contributed by atoms with Crippen molar-refractivity contribution in [3.63, 3.8) is 0 Å². The number of amides is 1. The Morgan fingerprint density at radius 1 is 1.02 bits per heavy atom. The maximum absolute atomic E-state index is 13.4. The Morgan fingerprint density at radius 2 is 1.79 bits per heavy atom. The standard InChI is InChI=1S/C34H41F3N8O3/c1-4-33(46)41-26-19-27(30(47-3)20-29(26)44-11-8-25(9-12-44)43-15-13-42(2)14-16-43)40-31-21-32(39-22-38-31)45-28(10-17-48-45)23-6-5-7-24(18-23)34(35,36)37/h4-7,18-22,25,28H,1,8-17H2,2-3H3,(H,41,46)(H,38,39,40)/t28-/m1/s1. The molecule has 4 heterocycles. The lowest BCUT2D eigenvalue weighted by atomic mass is 10.0. The molecule has 0 unspecified atom stereocenters. The van der Waals surface area contributed by atoms with E-state index in [0.29, 0.717) is 53.4 Å². The summed E-state index contributed by atoms with van der Waals surface area (Å²) in [5.41, 5.74) is 1.76. The summed E-state index contributed by atoms with van der Waals surface area (Å²) in [6, 6.07) is 10.7. The maximum atomic E-state index is 13.4. The number of hydrogen-bond acceptors (Lipinski definition) is 10. The Bertz CT molecular complexity index is 1610. The third-order valence-corrected chi connectivity index (χ3v) is 9.27. The van der Waals surface area contributed by atoms with E-state index in [9.17, 15) is 18.0 Å². The quantitative estimate of drug-likeness (QED) is 0.286. The van der Waals surface area contributed by atoms with Crippen molar-refractivity contribution in [2.75, 3.05) is 80.6 Å². The summed E-state index contributed by atoms with van der Waals surface area (Å²) < 4.78 is 46.1. The minimum Gasteiger partial charge on any atom is -0.494 e. The lowest BCUT2D eigenvalue weighted by Crippen LogP contribution is -2.52. The van der Waals surface area contributed by atoms with Crippen LogP contribution in [0.3, 0.4) is 0 Å². The molecule has 0 saturated carbocycles. The topological polar surface area (TPSA) is 98.3 Å². The molecule has 1 atom stereocenters. The molecule has 2 aromatic carbocycles. The number of likely N-dealkylation sites (N-methyl/N-ethyl adjacent to an activating group) is 1. The van der Waals surface area contributed by atoms with Crippen molar-refractivity contribution in [3.05, 3.63) is 72.6 Å². The third kappa shape index (κ3) is 7.50. The molecule has 0 aliphatic carbocycles. The molecule has 256 valence electrons. The smallest absolute Gasteiger partial charge is 0.416 e. The average Bonchev–Trinajstić information content (AvgIpc) is 3.59. The molecular formula is C34H41F3N8O3. The van der Waals surface area contributed by atoms with Gasteiger partial charge in [0, 0.05) is 63.9 Å². The fraction of sp³-hybridized carbons (Fsp3) is 0.441. The molecule has 0 bridgehead atoms. The number of methoxy groups -OCH3 is 1. The molecular weight excluding hydrogens is 625 g/mol. The normalized spacial score (nSPS) is 19.7. The van der Waals surface area contributed by atoms with Gasteiger partial charge in [-0.3, -0.25) is 14.5 Å². The molecule has 3 aliphatic heterocycles. The van der Waals surface area contributed by atoms with Gasteiger partial charge in [-0.1, -0.05) is 18.7 Å². The van der Waals surface area contributed by atoms with E-state index >= 15 is 0 Å². The molecule has 0 spiro atoms. The highest BCUT2D eigenvalue weighted by atomic mass is 19.4. The number of carbonyl (C=O) groups excluding carboxylic acids is 1. The maximum Gasteiger partial charge on any atom is 0.416 e. The Balaban J connectivity index is 1.22. The van der Waals surface area contributed by atoms with E-state index in [1.807, 2.05) is 12.1 Å². The number of alkyl halides is 3. The van der Waals surface area contributed by atoms with Gasteiger partial charge >= 0.3 is 6.18 Å². The van der Waals surface area contributed by atoms with Gasteiger partial charge < -0.3 is 25.2 Å². The van der Waals surface area contributed by atoms with Crippen molar-refractivity contribution < 1.29 is 27.5 Å². The van der Waals surface area contributed by atoms with Crippen molar-refractivity contribution in [1.82, 2.24) is 19.8 Å². The predicted octanol–water partition coefficient (Wildman–Crippen LogP) is 5.47. The number of piperidine rings is 1. The summed E-state index contributed by atoms with van der Waals surface area (Å²) in [4.78, 5) is 34.3. The zero-order valence-electron chi connectivity index (χ0n) is 27.2. The Labute approximate surface area is 278 Å². The molecule has 3 saturated heterocycles. The third-order valence-electron chi connectivity index (χ3n) is 9.27. The van der Waals surface area contributed by atoms with Crippen molar-refractivity contribution in [1.29, 1.82) is 0 Å². The molecule has 6 rings (SSSR count). The summed E-state index contributed by atoms with van der Waals surface area (Å²) in [7, 11) is 3.74. The summed E-state index contributed by atoms with van der Waals surface area (Å²) in [5.74, 6) is 0.989. The first-order chi connectivity index (χ1) is 23.1. The van der Waals surface area contributed by atoms with E-state index in [1.54, 1.807) is 19.2 Å². The van der Waals surface area contributed by atoms with Crippen molar-refractivity contribution in [2.24, 2.45) is 0 Å². The van der Waals surface area contributed by atoms with Gasteiger partial charge in [-0.05, 0) is 49.7 Å². The first-order valence-electron chi connectivity index (χ1n) is 16.1. The van der Waals surface area contributed by atoms with Crippen LogP contribution in [0.1, 0.15) is 36.4 Å². The van der Waals surface area contributed by atoms with Gasteiger partial charge in [0.15, 0.2) is 5.82 Å². The van der Waals surface area contributed by atoms with Crippen LogP contribution in [0.25, 0.3) is 0 Å². The van der Waals surface area contributed by atoms with Crippen molar-refractivity contribution in [2.45, 2.75) is 37.5 Å². The second-order valence-corrected chi connectivity index (χ2v) is 12.3. The van der Waals surface area contributed by atoms with Crippen LogP contribution in [0.4, 0.5) is 41.9 Å². The number of aromatic nitrogens is 2. The molecule has 3 aliphatic rings. The summed E-state index contributed by atoms with van der Waals surface area (Å²) in [6.07, 6.45) is 0.659. The zero-order valence-corrected chi connectivity index (χ0v) is 27.2. The number of halogens is 3. The molecule has 3 aromatic rings. The second kappa shape index (κ2) is 14.4. The SMILES string of the molecule is C=CC(=O)Nc1cc(Nc2cc(N3OCC[C@@H]3c3cccc(C(F)(F)F)c3)ncn2)c(OC)cc1N1CCC(N2CCN(C)CC2)CC1. The van der Waals surface area contributed by atoms with Crippen LogP contribution in [-0.4, -0.2) is 91.7 Å². The molecule has 14 heteroatoms. The van der Waals surface area contributed by atoms with Gasteiger partial charge in [0.05, 0.1) is 42.4 Å². The largest absolute Gasteiger partial charge is 0.494 e. The first kappa shape index (κ1) is 33.5. The highest BCUT2D eigenvalue weighted by Crippen LogP contribution is 2.41. The summed E-state index contributed by atoms with van der Waals surface area (Å²) in [6.45, 7) is 9.93. The Kier molecular flexibility index (Phi) is 10.0. The molecule has 11 nitrogen and oxygen atoms in total. The van der Waals surface area contributed by atoms with Crippen LogP contribution >= 0.6 is 0 Å². The van der Waals surface area contributed by atoms with Crippen LogP contribution in [0.15, 0.2) is 61.4 Å². The zero-order chi connectivity index (χ0) is 33.8. The predicted molar refractivity (Wildman–Crippen MR) is 179 cm³/mol. The van der Waals surface area contributed by atoms with Crippen LogP contribution in [0.5, 0.6) is 5.75 Å². The number of nitrogens with one attached hydrogen (secondary N) is 2. The van der Waals surface area contributed by atoms with E-state index < -0.39 is 17.8 Å². The number of nitrogens with zero attached hydrogens (tertiary/aromatic N) is 6. The van der Waals surface area contributed by atoms with Gasteiger partial charge in [-0.2, -0.15) is 13.2 Å². The van der Waals surface area contributed by atoms with E-state index in [-0.39, 0.29) is 5.91 Å². The Hall–Kier alpha value is -4.40. The average molecular weight is 667 g/mol. The lowest BCUT2D eigenvalue weighted by molar-refractivity contribution is -0.137. The molecule has 2 N–H and O–H groups in total. The highest BCUT2D eigenvalue weighted by molar-refractivity contribution is 6.02. The van der Waals surface area contributed by atoms with Crippen LogP contribution in [0, 0.1) is 0 Å². The molecule has 1 amide bonds. The van der Waals surface area contributed by atoms with E-state index in [0.717, 1.165) is 69.9 Å². The summed E-state index contributed by atoms with van der Waals surface area (Å²) in [5, 5.41) is 7.75. The van der Waals surface area contributed by atoms with E-state index in [2.05, 4.69) is 48.9 Å². The van der Waals surface area contributed by atoms with Crippen LogP contribution < -0.4 is 25.3 Å². The number of benzene rings is 2. The number of piperazine rings is 1. The van der Waals surface area contributed by atoms with Gasteiger partial charge in [-0.15, -0.1) is 0 Å². The molecule has 3 fully saturated rings. The minimum absolute atomic E-state index is 0.321. The van der Waals surface area contributed by atoms with E-state index in [4.69, 9.17) is 9.57 Å². The van der Waals surface area contributed by atoms with Gasteiger partial charge in [-0.25, -0.2) is 15.0 Å². The lowest BCUT2D eigenvalue weighted by Gasteiger charge is -2.43. The van der Waals surface area contributed by atoms with Crippen LogP contribution in [0.2, 0.25) is 0 Å². The monoisotopic (exact) mass is 666 g/mol. The number of carbonyl (C=O) groups is 1. The first-order valence-corrected chi connectivity index (χ1v) is 16.1. The highest BCUT2D eigenvalue weighted by Gasteiger charge is 2.34. The fourth-order valence-electron chi connectivity index (χ4n) is 6.63. The van der Waals surface area contributed by atoms with Gasteiger partial charge in [0.1, 0.15) is 17.9 Å². The van der Waals surface area contributed by atoms with Crippen molar-refractivity contribution >= 4 is 34.6 Å². The van der Waals surface area contributed by atoms with Gasteiger partial charge in [0.2, 0.25) is 5.91 Å². The fourth-order valence-corrected chi connectivity index (χ4v) is 6.63. The van der Waals surface area contributed by atoms with E-state index in [1.165, 1.54) is 23.5 Å². The number of hydroxylamine groups is 1. The Morgan fingerprint density at radius 3 is 2.50 bits per heavy atom. The second-order valence-electron chi connectivity index (χ2n) is 12.3. The molecule has 48 heavy (non-hydrogen) atoms. The minimum atomic E-state index is -4.45. The number of rotatable bonds is 9. The van der Waals surface area contributed by atoms with Gasteiger partial charge in [0.25, 0.3) is 0 Å². The van der Waals surface area contributed by atoms with Crippen molar-refractivity contribution in [3.8, 4) is 5.75 Å². The number of hydrogen-bond donors (Lipinski definition) is 2. The van der Waals surface area contributed by atoms with Crippen LogP contribution in [-0.2, 0) is 15.8 Å².